The maximum atomic E-state index is 13.2. The van der Waals surface area contributed by atoms with Gasteiger partial charge in [0, 0.05) is 6.07 Å². The van der Waals surface area contributed by atoms with Crippen LogP contribution in [0.15, 0.2) is 45.8 Å². The summed E-state index contributed by atoms with van der Waals surface area (Å²) in [6, 6.07) is 6.95. The first-order valence-electron chi connectivity index (χ1n) is 9.73. The summed E-state index contributed by atoms with van der Waals surface area (Å²) in [5.41, 5.74) is -0.186. The number of ether oxygens (including phenoxy) is 2. The molecule has 2 unspecified atom stereocenters. The quantitative estimate of drug-likeness (QED) is 0.330. The number of hydrogen-bond donors (Lipinski definition) is 6. The van der Waals surface area contributed by atoms with E-state index in [9.17, 15) is 35.4 Å². The van der Waals surface area contributed by atoms with Gasteiger partial charge in [-0.15, -0.1) is 0 Å². The van der Waals surface area contributed by atoms with Crippen molar-refractivity contribution in [2.75, 3.05) is 13.7 Å². The number of aliphatic hydroxyl groups excluding tert-OH is 4. The minimum Gasteiger partial charge on any atom is -0.508 e. The van der Waals surface area contributed by atoms with E-state index < -0.39 is 48.3 Å². The van der Waals surface area contributed by atoms with Gasteiger partial charge in [0.1, 0.15) is 59.4 Å². The van der Waals surface area contributed by atoms with E-state index in [1.807, 2.05) is 0 Å². The summed E-state index contributed by atoms with van der Waals surface area (Å²) in [6.45, 7) is -0.644. The number of phenols is 2. The largest absolute Gasteiger partial charge is 0.508 e. The van der Waals surface area contributed by atoms with Crippen LogP contribution in [-0.4, -0.2) is 68.8 Å². The molecular formula is C22H22O10. The van der Waals surface area contributed by atoms with Crippen LogP contribution < -0.4 is 10.2 Å². The van der Waals surface area contributed by atoms with Crippen molar-refractivity contribution in [2.45, 2.75) is 30.5 Å². The molecule has 170 valence electrons. The van der Waals surface area contributed by atoms with Gasteiger partial charge < -0.3 is 44.5 Å². The number of aliphatic hydroxyl groups is 4. The number of phenolic OH excluding ortho intramolecular Hbond substituents is 2. The van der Waals surface area contributed by atoms with Crippen molar-refractivity contribution in [1.29, 1.82) is 0 Å². The Morgan fingerprint density at radius 2 is 1.72 bits per heavy atom. The highest BCUT2D eigenvalue weighted by atomic mass is 16.5. The fourth-order valence-electron chi connectivity index (χ4n) is 3.90. The zero-order valence-corrected chi connectivity index (χ0v) is 16.9. The lowest BCUT2D eigenvalue weighted by Crippen LogP contribution is -2.55. The van der Waals surface area contributed by atoms with E-state index in [4.69, 9.17) is 13.9 Å². The van der Waals surface area contributed by atoms with Crippen LogP contribution in [0.5, 0.6) is 17.2 Å². The molecule has 0 spiro atoms. The van der Waals surface area contributed by atoms with Crippen molar-refractivity contribution >= 4 is 11.0 Å². The first kappa shape index (κ1) is 22.1. The van der Waals surface area contributed by atoms with Crippen molar-refractivity contribution < 1.29 is 44.5 Å². The molecule has 0 aliphatic carbocycles. The molecule has 10 heteroatoms. The van der Waals surface area contributed by atoms with Crippen LogP contribution in [0.4, 0.5) is 0 Å². The van der Waals surface area contributed by atoms with Crippen LogP contribution in [0.1, 0.15) is 11.7 Å². The van der Waals surface area contributed by atoms with Crippen LogP contribution in [0.3, 0.4) is 0 Å². The second kappa shape index (κ2) is 8.41. The molecule has 1 aliphatic rings. The normalized spacial score (nSPS) is 25.7. The van der Waals surface area contributed by atoms with Crippen LogP contribution in [0, 0.1) is 0 Å². The van der Waals surface area contributed by atoms with Crippen molar-refractivity contribution in [3.63, 3.8) is 0 Å². The molecule has 3 aromatic rings. The van der Waals surface area contributed by atoms with Gasteiger partial charge in [0.25, 0.3) is 0 Å². The summed E-state index contributed by atoms with van der Waals surface area (Å²) in [4.78, 5) is 13.2. The van der Waals surface area contributed by atoms with Gasteiger partial charge >= 0.3 is 0 Å². The molecule has 1 fully saturated rings. The summed E-state index contributed by atoms with van der Waals surface area (Å²) < 4.78 is 16.6. The van der Waals surface area contributed by atoms with Crippen LogP contribution in [0.2, 0.25) is 0 Å². The van der Waals surface area contributed by atoms with Crippen molar-refractivity contribution in [3.05, 3.63) is 52.4 Å². The van der Waals surface area contributed by atoms with E-state index in [1.54, 1.807) is 0 Å². The molecule has 2 heterocycles. The summed E-state index contributed by atoms with van der Waals surface area (Å²) in [7, 11) is 1.29. The fraction of sp³-hybridized carbons (Fsp3) is 0.318. The number of hydrogen-bond acceptors (Lipinski definition) is 10. The van der Waals surface area contributed by atoms with Crippen molar-refractivity contribution in [1.82, 2.24) is 0 Å². The van der Waals surface area contributed by atoms with Crippen LogP contribution in [-0.2, 0) is 4.74 Å². The van der Waals surface area contributed by atoms with Crippen LogP contribution in [0.25, 0.3) is 22.1 Å². The third-order valence-electron chi connectivity index (χ3n) is 5.60. The molecule has 10 nitrogen and oxygen atoms in total. The van der Waals surface area contributed by atoms with E-state index in [1.165, 1.54) is 31.4 Å². The summed E-state index contributed by atoms with van der Waals surface area (Å²) >= 11 is 0. The van der Waals surface area contributed by atoms with Gasteiger partial charge in [0.05, 0.1) is 24.8 Å². The van der Waals surface area contributed by atoms with Gasteiger partial charge in [0.2, 0.25) is 5.43 Å². The molecule has 1 aliphatic heterocycles. The Morgan fingerprint density at radius 1 is 1.03 bits per heavy atom. The highest BCUT2D eigenvalue weighted by Gasteiger charge is 2.46. The van der Waals surface area contributed by atoms with E-state index >= 15 is 0 Å². The minimum atomic E-state index is -1.66. The predicted molar refractivity (Wildman–Crippen MR) is 111 cm³/mol. The molecule has 2 aromatic carbocycles. The molecular weight excluding hydrogens is 424 g/mol. The Balaban J connectivity index is 1.95. The van der Waals surface area contributed by atoms with Gasteiger partial charge in [0.15, 0.2) is 5.58 Å². The van der Waals surface area contributed by atoms with Gasteiger partial charge in [-0.1, -0.05) is 12.1 Å². The lowest BCUT2D eigenvalue weighted by molar-refractivity contribution is -0.231. The predicted octanol–water partition coefficient (Wildman–Crippen LogP) is 0.395. The number of benzene rings is 2. The molecule has 0 bridgehead atoms. The number of methoxy groups -OCH3 is 1. The fourth-order valence-corrected chi connectivity index (χ4v) is 3.90. The Morgan fingerprint density at radius 3 is 2.34 bits per heavy atom. The van der Waals surface area contributed by atoms with Gasteiger partial charge in [-0.2, -0.15) is 0 Å². The average molecular weight is 446 g/mol. The van der Waals surface area contributed by atoms with E-state index in [0.29, 0.717) is 5.56 Å². The smallest absolute Gasteiger partial charge is 0.204 e. The standard InChI is InChI=1S/C22H22O10/c1-30-13-6-12(25)15-17(26)11(9-2-4-10(24)5-3-9)8-31-21(15)16(13)22-20(29)19(28)18(27)14(7-23)32-22/h2-6,8,14,18-20,22-25,27-29H,7H2,1H3/t14?,18-,19+,20?,22+/m1/s1. The highest BCUT2D eigenvalue weighted by Crippen LogP contribution is 2.43. The second-order valence-corrected chi connectivity index (χ2v) is 7.49. The highest BCUT2D eigenvalue weighted by molar-refractivity contribution is 5.91. The number of rotatable bonds is 4. The summed E-state index contributed by atoms with van der Waals surface area (Å²) in [5.74, 6) is -0.434. The third-order valence-corrected chi connectivity index (χ3v) is 5.60. The molecule has 4 rings (SSSR count). The zero-order valence-electron chi connectivity index (χ0n) is 16.9. The average Bonchev–Trinajstić information content (AvgIpc) is 2.79. The molecule has 5 atom stereocenters. The summed E-state index contributed by atoms with van der Waals surface area (Å²) in [5, 5.41) is 60.2. The SMILES string of the molecule is COc1cc(O)c2c(=O)c(-c3ccc(O)cc3)coc2c1[C@@H]1OC(CO)[C@@H](O)[C@H](O)C1O. The molecule has 32 heavy (non-hydrogen) atoms. The van der Waals surface area contributed by atoms with E-state index in [2.05, 4.69) is 0 Å². The monoisotopic (exact) mass is 446 g/mol. The van der Waals surface area contributed by atoms with Crippen molar-refractivity contribution in [2.24, 2.45) is 0 Å². The molecule has 0 radical (unpaired) electrons. The Hall–Kier alpha value is -3.15. The minimum absolute atomic E-state index is 0.000127. The van der Waals surface area contributed by atoms with Gasteiger partial charge in [-0.05, 0) is 17.7 Å². The van der Waals surface area contributed by atoms with Gasteiger partial charge in [-0.3, -0.25) is 4.79 Å². The molecule has 6 N–H and O–H groups in total. The Labute approximate surface area is 181 Å². The maximum Gasteiger partial charge on any atom is 0.204 e. The molecule has 1 saturated heterocycles. The molecule has 0 amide bonds. The first-order chi connectivity index (χ1) is 15.3. The third kappa shape index (κ3) is 3.48. The lowest BCUT2D eigenvalue weighted by Gasteiger charge is -2.40. The summed E-state index contributed by atoms with van der Waals surface area (Å²) in [6.07, 6.45) is -6.29. The molecule has 0 saturated carbocycles. The maximum absolute atomic E-state index is 13.2. The Bertz CT molecular complexity index is 1180. The number of aromatic hydroxyl groups is 2. The van der Waals surface area contributed by atoms with Gasteiger partial charge in [-0.25, -0.2) is 0 Å². The Kier molecular flexibility index (Phi) is 5.80. The second-order valence-electron chi connectivity index (χ2n) is 7.49. The molecule has 1 aromatic heterocycles. The van der Waals surface area contributed by atoms with E-state index in [0.717, 1.165) is 12.3 Å². The topological polar surface area (TPSA) is 170 Å². The zero-order chi connectivity index (χ0) is 23.2. The first-order valence-corrected chi connectivity index (χ1v) is 9.73. The lowest BCUT2D eigenvalue weighted by atomic mass is 9.89. The van der Waals surface area contributed by atoms with Crippen molar-refractivity contribution in [3.8, 4) is 28.4 Å². The van der Waals surface area contributed by atoms with Crippen LogP contribution >= 0.6 is 0 Å². The number of fused-ring (bicyclic) bond motifs is 1. The van der Waals surface area contributed by atoms with E-state index in [-0.39, 0.29) is 33.6 Å².